The number of carbonyl (C=O) groups is 1. The van der Waals surface area contributed by atoms with Crippen LogP contribution in [0.4, 0.5) is 17.6 Å². The fourth-order valence-electron chi connectivity index (χ4n) is 2.19. The minimum Gasteiger partial charge on any atom is -0.327 e. The second-order valence-electron chi connectivity index (χ2n) is 5.13. The third-order valence-corrected chi connectivity index (χ3v) is 3.50. The summed E-state index contributed by atoms with van der Waals surface area (Å²) in [5.41, 5.74) is 0.0724. The summed E-state index contributed by atoms with van der Waals surface area (Å²) in [6.45, 7) is 0.353. The Hall–Kier alpha value is -1.59. The fraction of sp³-hybridized carbons (Fsp3) is 0.500. The van der Waals surface area contributed by atoms with E-state index in [4.69, 9.17) is 0 Å². The highest BCUT2D eigenvalue weighted by Crippen LogP contribution is 2.36. The SMILES string of the molecule is CC(C1CC1)N(CC(F)(F)F)C(=O)c1ccc(F)cc1. The minimum atomic E-state index is -4.45. The summed E-state index contributed by atoms with van der Waals surface area (Å²) in [5, 5.41) is 0. The number of alkyl halides is 3. The quantitative estimate of drug-likeness (QED) is 0.775. The van der Waals surface area contributed by atoms with E-state index in [1.54, 1.807) is 6.92 Å². The highest BCUT2D eigenvalue weighted by Gasteiger charge is 2.40. The maximum Gasteiger partial charge on any atom is 0.406 e. The van der Waals surface area contributed by atoms with Crippen LogP contribution < -0.4 is 0 Å². The number of benzene rings is 1. The zero-order chi connectivity index (χ0) is 14.9. The van der Waals surface area contributed by atoms with Crippen molar-refractivity contribution in [1.82, 2.24) is 4.90 Å². The van der Waals surface area contributed by atoms with Crippen molar-refractivity contribution in [1.29, 1.82) is 0 Å². The number of halogens is 4. The zero-order valence-electron chi connectivity index (χ0n) is 11.0. The van der Waals surface area contributed by atoms with Crippen LogP contribution in [-0.4, -0.2) is 29.6 Å². The van der Waals surface area contributed by atoms with E-state index < -0.39 is 30.5 Å². The second kappa shape index (κ2) is 5.42. The summed E-state index contributed by atoms with van der Waals surface area (Å²) >= 11 is 0. The predicted octanol–water partition coefficient (Wildman–Crippen LogP) is 3.63. The summed E-state index contributed by atoms with van der Waals surface area (Å²) in [5.74, 6) is -1.11. The van der Waals surface area contributed by atoms with Crippen LogP contribution in [-0.2, 0) is 0 Å². The van der Waals surface area contributed by atoms with Crippen molar-refractivity contribution in [3.05, 3.63) is 35.6 Å². The lowest BCUT2D eigenvalue weighted by atomic mass is 10.1. The molecule has 1 aromatic rings. The monoisotopic (exact) mass is 289 g/mol. The van der Waals surface area contributed by atoms with Crippen molar-refractivity contribution in [3.63, 3.8) is 0 Å². The molecule has 6 heteroatoms. The van der Waals surface area contributed by atoms with Crippen molar-refractivity contribution in [2.45, 2.75) is 32.0 Å². The molecule has 0 bridgehead atoms. The summed E-state index contributed by atoms with van der Waals surface area (Å²) < 4.78 is 50.7. The molecule has 0 heterocycles. The molecule has 0 aromatic heterocycles. The van der Waals surface area contributed by atoms with Gasteiger partial charge in [-0.2, -0.15) is 13.2 Å². The fourth-order valence-corrected chi connectivity index (χ4v) is 2.19. The van der Waals surface area contributed by atoms with Crippen LogP contribution in [0.3, 0.4) is 0 Å². The molecule has 2 rings (SSSR count). The van der Waals surface area contributed by atoms with E-state index in [1.165, 1.54) is 12.1 Å². The molecular formula is C14H15F4NO. The highest BCUT2D eigenvalue weighted by atomic mass is 19.4. The summed E-state index contributed by atoms with van der Waals surface area (Å²) in [4.78, 5) is 13.0. The molecule has 0 aliphatic heterocycles. The van der Waals surface area contributed by atoms with Gasteiger partial charge in [0.1, 0.15) is 12.4 Å². The number of amides is 1. The molecular weight excluding hydrogens is 274 g/mol. The lowest BCUT2D eigenvalue weighted by Gasteiger charge is -2.30. The predicted molar refractivity (Wildman–Crippen MR) is 65.7 cm³/mol. The first-order valence-electron chi connectivity index (χ1n) is 6.41. The number of nitrogens with zero attached hydrogens (tertiary/aromatic N) is 1. The molecule has 2 nitrogen and oxygen atoms in total. The first kappa shape index (κ1) is 14.8. The molecule has 1 amide bonds. The Labute approximate surface area is 114 Å². The van der Waals surface area contributed by atoms with E-state index in [9.17, 15) is 22.4 Å². The molecule has 20 heavy (non-hydrogen) atoms. The second-order valence-corrected chi connectivity index (χ2v) is 5.13. The van der Waals surface area contributed by atoms with Crippen molar-refractivity contribution in [2.75, 3.05) is 6.54 Å². The van der Waals surface area contributed by atoms with Gasteiger partial charge >= 0.3 is 6.18 Å². The zero-order valence-corrected chi connectivity index (χ0v) is 11.0. The Balaban J connectivity index is 2.20. The van der Waals surface area contributed by atoms with Gasteiger partial charge in [0.2, 0.25) is 0 Å². The van der Waals surface area contributed by atoms with E-state index in [0.29, 0.717) is 0 Å². The first-order valence-corrected chi connectivity index (χ1v) is 6.41. The molecule has 1 fully saturated rings. The third-order valence-electron chi connectivity index (χ3n) is 3.50. The summed E-state index contributed by atoms with van der Waals surface area (Å²) in [7, 11) is 0. The number of hydrogen-bond acceptors (Lipinski definition) is 1. The first-order chi connectivity index (χ1) is 9.28. The van der Waals surface area contributed by atoms with Crippen LogP contribution in [0.25, 0.3) is 0 Å². The third kappa shape index (κ3) is 3.71. The smallest absolute Gasteiger partial charge is 0.327 e. The molecule has 1 aromatic carbocycles. The molecule has 1 saturated carbocycles. The van der Waals surface area contributed by atoms with E-state index >= 15 is 0 Å². The molecule has 1 atom stereocenters. The molecule has 1 unspecified atom stereocenters. The number of carbonyl (C=O) groups excluding carboxylic acids is 1. The van der Waals surface area contributed by atoms with Crippen molar-refractivity contribution < 1.29 is 22.4 Å². The Morgan fingerprint density at radius 1 is 1.30 bits per heavy atom. The number of rotatable bonds is 4. The van der Waals surface area contributed by atoms with Gasteiger partial charge in [-0.15, -0.1) is 0 Å². The van der Waals surface area contributed by atoms with E-state index in [-0.39, 0.29) is 11.5 Å². The number of hydrogen-bond donors (Lipinski definition) is 0. The molecule has 0 N–H and O–H groups in total. The van der Waals surface area contributed by atoms with Gasteiger partial charge < -0.3 is 4.90 Å². The van der Waals surface area contributed by atoms with Gasteiger partial charge in [0.25, 0.3) is 5.91 Å². The lowest BCUT2D eigenvalue weighted by molar-refractivity contribution is -0.144. The van der Waals surface area contributed by atoms with Crippen LogP contribution in [0.15, 0.2) is 24.3 Å². The molecule has 110 valence electrons. The Bertz CT molecular complexity index is 479. The van der Waals surface area contributed by atoms with Crippen molar-refractivity contribution >= 4 is 5.91 Å². The van der Waals surface area contributed by atoms with Gasteiger partial charge in [0.05, 0.1) is 0 Å². The molecule has 0 saturated heterocycles. The average molecular weight is 289 g/mol. The standard InChI is InChI=1S/C14H15F4NO/c1-9(10-2-3-10)19(8-14(16,17)18)13(20)11-4-6-12(15)7-5-11/h4-7,9-10H,2-3,8H2,1H3. The van der Waals surface area contributed by atoms with Crippen LogP contribution in [0.2, 0.25) is 0 Å². The largest absolute Gasteiger partial charge is 0.406 e. The van der Waals surface area contributed by atoms with Crippen LogP contribution in [0.1, 0.15) is 30.1 Å². The van der Waals surface area contributed by atoms with Gasteiger partial charge in [0.15, 0.2) is 0 Å². The Kier molecular flexibility index (Phi) is 4.01. The normalized spacial score (nSPS) is 16.9. The average Bonchev–Trinajstić information content (AvgIpc) is 3.18. The topological polar surface area (TPSA) is 20.3 Å². The van der Waals surface area contributed by atoms with E-state index in [1.807, 2.05) is 0 Å². The molecule has 0 spiro atoms. The van der Waals surface area contributed by atoms with Crippen molar-refractivity contribution in [3.8, 4) is 0 Å². The summed E-state index contributed by atoms with van der Waals surface area (Å²) in [6.07, 6.45) is -2.77. The van der Waals surface area contributed by atoms with Crippen LogP contribution in [0, 0.1) is 11.7 Å². The van der Waals surface area contributed by atoms with Gasteiger partial charge in [-0.1, -0.05) is 0 Å². The molecule has 1 aliphatic rings. The van der Waals surface area contributed by atoms with Gasteiger partial charge in [0, 0.05) is 11.6 Å². The van der Waals surface area contributed by atoms with Gasteiger partial charge in [-0.05, 0) is 49.9 Å². The van der Waals surface area contributed by atoms with Crippen molar-refractivity contribution in [2.24, 2.45) is 5.92 Å². The van der Waals surface area contributed by atoms with Crippen LogP contribution >= 0.6 is 0 Å². The Morgan fingerprint density at radius 2 is 1.85 bits per heavy atom. The molecule has 0 radical (unpaired) electrons. The van der Waals surface area contributed by atoms with E-state index in [2.05, 4.69) is 0 Å². The van der Waals surface area contributed by atoms with Gasteiger partial charge in [-0.3, -0.25) is 4.79 Å². The summed E-state index contributed by atoms with van der Waals surface area (Å²) in [6, 6.07) is 4.09. The maximum absolute atomic E-state index is 12.8. The highest BCUT2D eigenvalue weighted by molar-refractivity contribution is 5.94. The van der Waals surface area contributed by atoms with Gasteiger partial charge in [-0.25, -0.2) is 4.39 Å². The van der Waals surface area contributed by atoms with E-state index in [0.717, 1.165) is 29.9 Å². The van der Waals surface area contributed by atoms with Crippen LogP contribution in [0.5, 0.6) is 0 Å². The minimum absolute atomic E-state index is 0.0724. The lowest BCUT2D eigenvalue weighted by Crippen LogP contribution is -2.45. The Morgan fingerprint density at radius 3 is 2.30 bits per heavy atom. The molecule has 1 aliphatic carbocycles. The maximum atomic E-state index is 12.8.